The summed E-state index contributed by atoms with van der Waals surface area (Å²) in [4.78, 5) is 13.2. The van der Waals surface area contributed by atoms with E-state index in [1.807, 2.05) is 57.2 Å². The maximum absolute atomic E-state index is 4.46. The number of hydrogen-bond acceptors (Lipinski definition) is 4. The number of aliphatic imine (C=N–C) groups is 1. The summed E-state index contributed by atoms with van der Waals surface area (Å²) >= 11 is 0. The fourth-order valence-electron chi connectivity index (χ4n) is 3.39. The lowest BCUT2D eigenvalue weighted by Crippen LogP contribution is -2.39. The Bertz CT molecular complexity index is 742. The van der Waals surface area contributed by atoms with Gasteiger partial charge in [-0.3, -0.25) is 9.67 Å². The zero-order valence-corrected chi connectivity index (χ0v) is 15.8. The summed E-state index contributed by atoms with van der Waals surface area (Å²) in [6, 6.07) is 0. The maximum atomic E-state index is 4.46. The summed E-state index contributed by atoms with van der Waals surface area (Å²) in [6.07, 6.45) is 7.13. The van der Waals surface area contributed by atoms with Gasteiger partial charge in [0.2, 0.25) is 5.95 Å². The van der Waals surface area contributed by atoms with E-state index in [-0.39, 0.29) is 0 Å². The minimum Gasteiger partial charge on any atom is -0.351 e. The van der Waals surface area contributed by atoms with Crippen LogP contribution >= 0.6 is 0 Å². The van der Waals surface area contributed by atoms with Crippen molar-refractivity contribution < 1.29 is 0 Å². The van der Waals surface area contributed by atoms with E-state index in [0.717, 1.165) is 37.1 Å². The number of likely N-dealkylation sites (tertiary alicyclic amines) is 1. The van der Waals surface area contributed by atoms with E-state index in [1.165, 1.54) is 5.56 Å². The molecule has 3 rings (SSSR count). The van der Waals surface area contributed by atoms with Crippen LogP contribution in [0.4, 0.5) is 5.95 Å². The summed E-state index contributed by atoms with van der Waals surface area (Å²) in [7, 11) is 9.85. The molecular formula is C17H28N8. The Hall–Kier alpha value is -2.51. The van der Waals surface area contributed by atoms with Gasteiger partial charge in [-0.15, -0.1) is 0 Å². The summed E-state index contributed by atoms with van der Waals surface area (Å²) in [6.45, 7) is 2.69. The van der Waals surface area contributed by atoms with Crippen molar-refractivity contribution in [2.45, 2.75) is 18.9 Å². The van der Waals surface area contributed by atoms with E-state index in [4.69, 9.17) is 0 Å². The summed E-state index contributed by atoms with van der Waals surface area (Å²) < 4.78 is 3.97. The Morgan fingerprint density at radius 1 is 1.36 bits per heavy atom. The van der Waals surface area contributed by atoms with Crippen LogP contribution in [0.3, 0.4) is 0 Å². The molecule has 0 bridgehead atoms. The van der Waals surface area contributed by atoms with Crippen molar-refractivity contribution >= 4 is 11.9 Å². The molecule has 0 amide bonds. The lowest BCUT2D eigenvalue weighted by Gasteiger charge is -2.22. The summed E-state index contributed by atoms with van der Waals surface area (Å²) in [5.74, 6) is 2.41. The molecule has 1 N–H and O–H groups in total. The Morgan fingerprint density at radius 3 is 2.76 bits per heavy atom. The fourth-order valence-corrected chi connectivity index (χ4v) is 3.39. The third kappa shape index (κ3) is 3.62. The summed E-state index contributed by atoms with van der Waals surface area (Å²) in [5, 5.41) is 7.77. The van der Waals surface area contributed by atoms with Gasteiger partial charge in [-0.2, -0.15) is 5.10 Å². The number of aryl methyl sites for hydroxylation is 1. The highest BCUT2D eigenvalue weighted by Crippen LogP contribution is 2.26. The van der Waals surface area contributed by atoms with Gasteiger partial charge in [-0.05, 0) is 12.0 Å². The third-order valence-corrected chi connectivity index (χ3v) is 4.78. The van der Waals surface area contributed by atoms with Gasteiger partial charge in [0.15, 0.2) is 5.96 Å². The molecule has 3 heterocycles. The molecule has 1 unspecified atom stereocenters. The van der Waals surface area contributed by atoms with Gasteiger partial charge in [0.25, 0.3) is 0 Å². The Balaban J connectivity index is 1.60. The molecule has 0 spiro atoms. The molecule has 1 fully saturated rings. The van der Waals surface area contributed by atoms with Crippen LogP contribution in [0.25, 0.3) is 0 Å². The number of anilines is 1. The predicted molar refractivity (Wildman–Crippen MR) is 99.9 cm³/mol. The zero-order valence-electron chi connectivity index (χ0n) is 15.8. The van der Waals surface area contributed by atoms with E-state index in [1.54, 1.807) is 0 Å². The number of imidazole rings is 1. The van der Waals surface area contributed by atoms with Gasteiger partial charge in [-0.1, -0.05) is 0 Å². The first-order valence-electron chi connectivity index (χ1n) is 8.61. The molecule has 1 aliphatic rings. The smallest absolute Gasteiger partial charge is 0.204 e. The number of nitrogens with one attached hydrogen (secondary N) is 1. The van der Waals surface area contributed by atoms with Crippen LogP contribution in [0.15, 0.2) is 23.6 Å². The minimum atomic E-state index is 0.518. The molecule has 0 saturated carbocycles. The minimum absolute atomic E-state index is 0.518. The number of nitrogens with zero attached hydrogens (tertiary/aromatic N) is 7. The number of hydrogen-bond donors (Lipinski definition) is 1. The van der Waals surface area contributed by atoms with Crippen LogP contribution < -0.4 is 10.2 Å². The van der Waals surface area contributed by atoms with Gasteiger partial charge >= 0.3 is 0 Å². The van der Waals surface area contributed by atoms with Crippen molar-refractivity contribution in [1.82, 2.24) is 29.5 Å². The van der Waals surface area contributed by atoms with Gasteiger partial charge in [0.1, 0.15) is 0 Å². The molecule has 8 nitrogen and oxygen atoms in total. The molecule has 25 heavy (non-hydrogen) atoms. The highest BCUT2D eigenvalue weighted by molar-refractivity contribution is 5.80. The highest BCUT2D eigenvalue weighted by atomic mass is 15.3. The van der Waals surface area contributed by atoms with Gasteiger partial charge < -0.3 is 19.7 Å². The Morgan fingerprint density at radius 2 is 2.16 bits per heavy atom. The first kappa shape index (κ1) is 17.3. The van der Waals surface area contributed by atoms with Crippen molar-refractivity contribution in [3.05, 3.63) is 29.8 Å². The number of rotatable bonds is 4. The molecule has 2 aromatic rings. The molecule has 1 atom stereocenters. The molecule has 8 heteroatoms. The fraction of sp³-hybridized carbons (Fsp3) is 0.588. The van der Waals surface area contributed by atoms with E-state index >= 15 is 0 Å². The lowest BCUT2D eigenvalue weighted by molar-refractivity contribution is 0.484. The van der Waals surface area contributed by atoms with Crippen molar-refractivity contribution in [2.24, 2.45) is 19.1 Å². The van der Waals surface area contributed by atoms with E-state index < -0.39 is 0 Å². The SMILES string of the molecule is CN=C(NCc1cnc(N(C)C)n1C)N1CCC(c2cnn(C)c2)C1. The van der Waals surface area contributed by atoms with Crippen molar-refractivity contribution in [3.8, 4) is 0 Å². The molecule has 0 aromatic carbocycles. The average molecular weight is 344 g/mol. The van der Waals surface area contributed by atoms with E-state index in [2.05, 4.69) is 36.1 Å². The largest absolute Gasteiger partial charge is 0.351 e. The van der Waals surface area contributed by atoms with Crippen LogP contribution in [0.1, 0.15) is 23.6 Å². The van der Waals surface area contributed by atoms with Crippen molar-refractivity contribution in [2.75, 3.05) is 39.1 Å². The molecule has 1 saturated heterocycles. The molecule has 1 aliphatic heterocycles. The standard InChI is InChI=1S/C17H28N8/c1-18-16(19-9-15-10-20-17(22(2)3)24(15)5)25-7-6-13(12-25)14-8-21-23(4)11-14/h8,10-11,13H,6-7,9,12H2,1-5H3,(H,18,19). The number of guanidine groups is 1. The lowest BCUT2D eigenvalue weighted by atomic mass is 10.0. The second-order valence-electron chi connectivity index (χ2n) is 6.78. The van der Waals surface area contributed by atoms with E-state index in [0.29, 0.717) is 12.5 Å². The molecule has 0 aliphatic carbocycles. The zero-order chi connectivity index (χ0) is 18.0. The van der Waals surface area contributed by atoms with Crippen LogP contribution in [0, 0.1) is 0 Å². The first-order chi connectivity index (χ1) is 12.0. The molecule has 2 aromatic heterocycles. The average Bonchev–Trinajstić information content (AvgIpc) is 3.29. The quantitative estimate of drug-likeness (QED) is 0.656. The van der Waals surface area contributed by atoms with Crippen LogP contribution in [0.5, 0.6) is 0 Å². The van der Waals surface area contributed by atoms with Gasteiger partial charge in [0, 0.05) is 60.4 Å². The second-order valence-corrected chi connectivity index (χ2v) is 6.78. The number of aromatic nitrogens is 4. The normalized spacial score (nSPS) is 18.0. The molecular weight excluding hydrogens is 316 g/mol. The first-order valence-corrected chi connectivity index (χ1v) is 8.61. The van der Waals surface area contributed by atoms with Crippen molar-refractivity contribution in [3.63, 3.8) is 0 Å². The third-order valence-electron chi connectivity index (χ3n) is 4.78. The topological polar surface area (TPSA) is 66.5 Å². The maximum Gasteiger partial charge on any atom is 0.204 e. The molecule has 136 valence electrons. The predicted octanol–water partition coefficient (Wildman–Crippen LogP) is 0.785. The van der Waals surface area contributed by atoms with Gasteiger partial charge in [-0.25, -0.2) is 4.98 Å². The van der Waals surface area contributed by atoms with Crippen molar-refractivity contribution in [1.29, 1.82) is 0 Å². The van der Waals surface area contributed by atoms with Crippen LogP contribution in [-0.4, -0.2) is 64.4 Å². The van der Waals surface area contributed by atoms with Crippen LogP contribution in [0.2, 0.25) is 0 Å². The van der Waals surface area contributed by atoms with E-state index in [9.17, 15) is 0 Å². The Labute approximate surface area is 149 Å². The Kier molecular flexibility index (Phi) is 4.96. The summed E-state index contributed by atoms with van der Waals surface area (Å²) in [5.41, 5.74) is 2.44. The highest BCUT2D eigenvalue weighted by Gasteiger charge is 2.27. The van der Waals surface area contributed by atoms with Gasteiger partial charge in [0.05, 0.1) is 24.6 Å². The monoisotopic (exact) mass is 344 g/mol. The van der Waals surface area contributed by atoms with Crippen LogP contribution in [-0.2, 0) is 20.6 Å². The molecule has 0 radical (unpaired) electrons. The second kappa shape index (κ2) is 7.16.